The van der Waals surface area contributed by atoms with Crippen LogP contribution in [0.1, 0.15) is 36.0 Å². The Morgan fingerprint density at radius 2 is 1.96 bits per heavy atom. The molecule has 146 valence electrons. The zero-order chi connectivity index (χ0) is 19.1. The number of rotatable bonds is 7. The maximum Gasteiger partial charge on any atom is 0.191 e. The Labute approximate surface area is 160 Å². The molecule has 2 aromatic rings. The monoisotopic (exact) mass is 372 g/mol. The van der Waals surface area contributed by atoms with E-state index in [1.54, 1.807) is 13.1 Å². The van der Waals surface area contributed by atoms with Crippen molar-refractivity contribution in [1.82, 2.24) is 15.5 Å². The molecule has 1 fully saturated rings. The van der Waals surface area contributed by atoms with Crippen LogP contribution >= 0.6 is 0 Å². The van der Waals surface area contributed by atoms with E-state index in [9.17, 15) is 4.39 Å². The summed E-state index contributed by atoms with van der Waals surface area (Å²) in [5, 5.41) is 6.67. The van der Waals surface area contributed by atoms with Crippen LogP contribution in [0, 0.1) is 12.7 Å². The minimum absolute atomic E-state index is 0.162. The first kappa shape index (κ1) is 19.4. The van der Waals surface area contributed by atoms with Crippen molar-refractivity contribution in [2.75, 3.05) is 33.2 Å². The molecule has 0 saturated carbocycles. The van der Waals surface area contributed by atoms with E-state index in [1.807, 2.05) is 25.1 Å². The van der Waals surface area contributed by atoms with Gasteiger partial charge in [0.05, 0.1) is 6.04 Å². The summed E-state index contributed by atoms with van der Waals surface area (Å²) in [6.07, 6.45) is 3.07. The number of hydrogen-bond acceptors (Lipinski definition) is 3. The third-order valence-electron chi connectivity index (χ3n) is 5.00. The van der Waals surface area contributed by atoms with E-state index in [-0.39, 0.29) is 11.9 Å². The van der Waals surface area contributed by atoms with Crippen LogP contribution in [0.3, 0.4) is 0 Å². The number of halogens is 1. The Balaban J connectivity index is 1.54. The van der Waals surface area contributed by atoms with E-state index in [2.05, 4.69) is 26.6 Å². The lowest BCUT2D eigenvalue weighted by Gasteiger charge is -2.26. The maximum atomic E-state index is 13.7. The largest absolute Gasteiger partial charge is 0.465 e. The zero-order valence-electron chi connectivity index (χ0n) is 16.2. The molecule has 0 bridgehead atoms. The first-order valence-corrected chi connectivity index (χ1v) is 9.65. The predicted octanol–water partition coefficient (Wildman–Crippen LogP) is 3.27. The van der Waals surface area contributed by atoms with E-state index in [0.29, 0.717) is 25.1 Å². The second kappa shape index (κ2) is 9.55. The maximum absolute atomic E-state index is 13.7. The van der Waals surface area contributed by atoms with Crippen molar-refractivity contribution in [3.63, 3.8) is 0 Å². The van der Waals surface area contributed by atoms with Gasteiger partial charge in [-0.1, -0.05) is 18.2 Å². The van der Waals surface area contributed by atoms with Gasteiger partial charge >= 0.3 is 0 Å². The van der Waals surface area contributed by atoms with Crippen molar-refractivity contribution in [3.05, 3.63) is 59.3 Å². The molecule has 1 aromatic heterocycles. The van der Waals surface area contributed by atoms with Crippen molar-refractivity contribution < 1.29 is 8.81 Å². The molecule has 1 aliphatic rings. The van der Waals surface area contributed by atoms with Gasteiger partial charge in [0.2, 0.25) is 0 Å². The molecule has 0 spiro atoms. The van der Waals surface area contributed by atoms with Crippen LogP contribution in [0.2, 0.25) is 0 Å². The van der Waals surface area contributed by atoms with Gasteiger partial charge in [-0.2, -0.15) is 0 Å². The van der Waals surface area contributed by atoms with Crippen molar-refractivity contribution >= 4 is 5.96 Å². The molecule has 0 radical (unpaired) electrons. The van der Waals surface area contributed by atoms with Crippen LogP contribution < -0.4 is 10.6 Å². The highest BCUT2D eigenvalue weighted by molar-refractivity contribution is 5.79. The molecule has 2 heterocycles. The molecule has 1 atom stereocenters. The summed E-state index contributed by atoms with van der Waals surface area (Å²) >= 11 is 0. The SMILES string of the molecule is CN=C(NCCc1ccccc1F)NCC(c1ccc(C)o1)N1CCCC1. The van der Waals surface area contributed by atoms with Gasteiger partial charge in [0.15, 0.2) is 5.96 Å². The van der Waals surface area contributed by atoms with Gasteiger partial charge in [-0.15, -0.1) is 0 Å². The summed E-state index contributed by atoms with van der Waals surface area (Å²) in [5.41, 5.74) is 0.710. The number of aliphatic imine (C=N–C) groups is 1. The van der Waals surface area contributed by atoms with Gasteiger partial charge in [0.1, 0.15) is 17.3 Å². The fourth-order valence-electron chi connectivity index (χ4n) is 3.53. The molecule has 0 aliphatic carbocycles. The molecule has 27 heavy (non-hydrogen) atoms. The number of nitrogens with one attached hydrogen (secondary N) is 2. The van der Waals surface area contributed by atoms with Crippen molar-refractivity contribution in [2.45, 2.75) is 32.2 Å². The van der Waals surface area contributed by atoms with E-state index in [0.717, 1.165) is 30.6 Å². The lowest BCUT2D eigenvalue weighted by Crippen LogP contribution is -2.43. The number of guanidine groups is 1. The second-order valence-corrected chi connectivity index (χ2v) is 6.93. The summed E-state index contributed by atoms with van der Waals surface area (Å²) in [7, 11) is 1.75. The Bertz CT molecular complexity index is 752. The van der Waals surface area contributed by atoms with E-state index in [4.69, 9.17) is 4.42 Å². The topological polar surface area (TPSA) is 52.8 Å². The lowest BCUT2D eigenvalue weighted by atomic mass is 10.1. The van der Waals surface area contributed by atoms with Gasteiger partial charge < -0.3 is 15.1 Å². The summed E-state index contributed by atoms with van der Waals surface area (Å²) in [6.45, 7) is 5.49. The Morgan fingerprint density at radius 1 is 1.19 bits per heavy atom. The van der Waals surface area contributed by atoms with Gasteiger partial charge in [0.25, 0.3) is 0 Å². The Kier molecular flexibility index (Phi) is 6.87. The summed E-state index contributed by atoms with van der Waals surface area (Å²) in [5.74, 6) is 2.48. The van der Waals surface area contributed by atoms with Crippen LogP contribution in [-0.4, -0.2) is 44.1 Å². The van der Waals surface area contributed by atoms with Gasteiger partial charge in [-0.05, 0) is 63.0 Å². The quantitative estimate of drug-likeness (QED) is 0.579. The van der Waals surface area contributed by atoms with Crippen molar-refractivity contribution in [3.8, 4) is 0 Å². The fraction of sp³-hybridized carbons (Fsp3) is 0.476. The minimum Gasteiger partial charge on any atom is -0.465 e. The Morgan fingerprint density at radius 3 is 2.63 bits per heavy atom. The normalized spacial score (nSPS) is 16.5. The molecule has 2 N–H and O–H groups in total. The number of likely N-dealkylation sites (tertiary alicyclic amines) is 1. The standard InChI is InChI=1S/C21H29FN4O/c1-16-9-10-20(27-16)19(26-13-5-6-14-26)15-25-21(23-2)24-12-11-17-7-3-4-8-18(17)22/h3-4,7-10,19H,5-6,11-15H2,1-2H3,(H2,23,24,25). The highest BCUT2D eigenvalue weighted by Gasteiger charge is 2.26. The molecule has 3 rings (SSSR count). The van der Waals surface area contributed by atoms with Crippen molar-refractivity contribution in [2.24, 2.45) is 4.99 Å². The minimum atomic E-state index is -0.162. The smallest absolute Gasteiger partial charge is 0.191 e. The molecular weight excluding hydrogens is 343 g/mol. The van der Waals surface area contributed by atoms with Gasteiger partial charge in [-0.25, -0.2) is 4.39 Å². The summed E-state index contributed by atoms with van der Waals surface area (Å²) in [6, 6.07) is 11.1. The Hall–Kier alpha value is -2.34. The van der Waals surface area contributed by atoms with Crippen molar-refractivity contribution in [1.29, 1.82) is 0 Å². The highest BCUT2D eigenvalue weighted by Crippen LogP contribution is 2.26. The molecule has 1 saturated heterocycles. The summed E-state index contributed by atoms with van der Waals surface area (Å²) < 4.78 is 19.6. The molecule has 6 heteroatoms. The number of nitrogens with zero attached hydrogens (tertiary/aromatic N) is 2. The third kappa shape index (κ3) is 5.32. The van der Waals surface area contributed by atoms with E-state index in [1.165, 1.54) is 18.9 Å². The number of furan rings is 1. The lowest BCUT2D eigenvalue weighted by molar-refractivity contribution is 0.213. The number of aryl methyl sites for hydroxylation is 1. The van der Waals surface area contributed by atoms with Crippen LogP contribution in [0.15, 0.2) is 45.8 Å². The summed E-state index contributed by atoms with van der Waals surface area (Å²) in [4.78, 5) is 6.75. The molecule has 0 amide bonds. The molecule has 1 aliphatic heterocycles. The first-order chi connectivity index (χ1) is 13.2. The second-order valence-electron chi connectivity index (χ2n) is 6.93. The average molecular weight is 372 g/mol. The van der Waals surface area contributed by atoms with Gasteiger partial charge in [0, 0.05) is 20.1 Å². The van der Waals surface area contributed by atoms with E-state index < -0.39 is 0 Å². The molecule has 1 unspecified atom stereocenters. The van der Waals surface area contributed by atoms with Gasteiger partial charge in [-0.3, -0.25) is 9.89 Å². The molecule has 1 aromatic carbocycles. The third-order valence-corrected chi connectivity index (χ3v) is 5.00. The average Bonchev–Trinajstić information content (AvgIpc) is 3.34. The number of benzene rings is 1. The highest BCUT2D eigenvalue weighted by atomic mass is 19.1. The fourth-order valence-corrected chi connectivity index (χ4v) is 3.53. The zero-order valence-corrected chi connectivity index (χ0v) is 16.2. The van der Waals surface area contributed by atoms with Crippen LogP contribution in [0.4, 0.5) is 4.39 Å². The first-order valence-electron chi connectivity index (χ1n) is 9.65. The van der Waals surface area contributed by atoms with E-state index >= 15 is 0 Å². The van der Waals surface area contributed by atoms with Crippen LogP contribution in [-0.2, 0) is 6.42 Å². The molecule has 5 nitrogen and oxygen atoms in total. The number of hydrogen-bond donors (Lipinski definition) is 2. The molecular formula is C21H29FN4O. The van der Waals surface area contributed by atoms with Crippen LogP contribution in [0.5, 0.6) is 0 Å². The predicted molar refractivity (Wildman–Crippen MR) is 106 cm³/mol. The van der Waals surface area contributed by atoms with Crippen LogP contribution in [0.25, 0.3) is 0 Å².